The van der Waals surface area contributed by atoms with Crippen molar-refractivity contribution < 1.29 is 4.79 Å². The molecule has 0 N–H and O–H groups in total. The molecule has 1 aromatic heterocycles. The van der Waals surface area contributed by atoms with Crippen LogP contribution in [-0.4, -0.2) is 16.6 Å². The molecule has 0 fully saturated rings. The number of aryl methyl sites for hydroxylation is 2. The lowest BCUT2D eigenvalue weighted by molar-refractivity contribution is -0.118. The van der Waals surface area contributed by atoms with E-state index in [0.29, 0.717) is 13.0 Å². The number of rotatable bonds is 8. The number of hydrogen-bond acceptors (Lipinski definition) is 4. The molecule has 1 amide bonds. The number of hydrogen-bond donors (Lipinski definition) is 0. The lowest BCUT2D eigenvalue weighted by atomic mass is 10.2. The van der Waals surface area contributed by atoms with Gasteiger partial charge in [0.15, 0.2) is 5.13 Å². The van der Waals surface area contributed by atoms with Crippen LogP contribution in [0.2, 0.25) is 0 Å². The zero-order valence-electron chi connectivity index (χ0n) is 17.9. The molecule has 3 aromatic carbocycles. The van der Waals surface area contributed by atoms with Crippen molar-refractivity contribution in [2.45, 2.75) is 38.1 Å². The molecule has 31 heavy (non-hydrogen) atoms. The van der Waals surface area contributed by atoms with Gasteiger partial charge < -0.3 is 0 Å². The molecular weight excluding hydrogens is 420 g/mol. The molecule has 4 rings (SSSR count). The maximum Gasteiger partial charge on any atom is 0.229 e. The molecule has 0 aliphatic heterocycles. The first-order valence-electron chi connectivity index (χ1n) is 10.6. The van der Waals surface area contributed by atoms with Gasteiger partial charge in [0, 0.05) is 17.1 Å². The van der Waals surface area contributed by atoms with E-state index in [0.717, 1.165) is 33.1 Å². The number of nitrogens with zero attached hydrogens (tertiary/aromatic N) is 2. The molecule has 0 saturated heterocycles. The minimum absolute atomic E-state index is 0.109. The Kier molecular flexibility index (Phi) is 7.05. The summed E-state index contributed by atoms with van der Waals surface area (Å²) in [5, 5.41) is 0.775. The van der Waals surface area contributed by atoms with E-state index in [1.165, 1.54) is 16.0 Å². The third kappa shape index (κ3) is 5.54. The van der Waals surface area contributed by atoms with Gasteiger partial charge >= 0.3 is 0 Å². The molecule has 0 radical (unpaired) electrons. The minimum Gasteiger partial charge on any atom is -0.284 e. The molecular formula is C26H26N2OS2. The predicted molar refractivity (Wildman–Crippen MR) is 133 cm³/mol. The van der Waals surface area contributed by atoms with E-state index in [1.54, 1.807) is 23.1 Å². The zero-order valence-corrected chi connectivity index (χ0v) is 19.5. The molecule has 0 bridgehead atoms. The molecule has 4 aromatic rings. The molecule has 0 aliphatic carbocycles. The van der Waals surface area contributed by atoms with Crippen LogP contribution in [0.25, 0.3) is 10.2 Å². The highest BCUT2D eigenvalue weighted by Crippen LogP contribution is 2.31. The van der Waals surface area contributed by atoms with Crippen molar-refractivity contribution in [3.63, 3.8) is 0 Å². The van der Waals surface area contributed by atoms with Crippen molar-refractivity contribution in [3.8, 4) is 0 Å². The number of benzene rings is 3. The van der Waals surface area contributed by atoms with Gasteiger partial charge in [0.25, 0.3) is 0 Å². The van der Waals surface area contributed by atoms with E-state index in [4.69, 9.17) is 4.98 Å². The van der Waals surface area contributed by atoms with Crippen molar-refractivity contribution in [1.82, 2.24) is 4.98 Å². The molecule has 3 nitrogen and oxygen atoms in total. The summed E-state index contributed by atoms with van der Waals surface area (Å²) >= 11 is 3.32. The van der Waals surface area contributed by atoms with Gasteiger partial charge in [0.1, 0.15) is 0 Å². The fraction of sp³-hybridized carbons (Fsp3) is 0.231. The first-order chi connectivity index (χ1) is 15.1. The van der Waals surface area contributed by atoms with Crippen LogP contribution >= 0.6 is 23.1 Å². The smallest absolute Gasteiger partial charge is 0.229 e. The van der Waals surface area contributed by atoms with Gasteiger partial charge in [0.05, 0.1) is 16.8 Å². The lowest BCUT2D eigenvalue weighted by Crippen LogP contribution is -2.30. The number of carbonyl (C=O) groups excluding carboxylic acids is 1. The van der Waals surface area contributed by atoms with E-state index in [-0.39, 0.29) is 5.91 Å². The van der Waals surface area contributed by atoms with E-state index < -0.39 is 0 Å². The normalized spacial score (nSPS) is 11.0. The monoisotopic (exact) mass is 446 g/mol. The van der Waals surface area contributed by atoms with Crippen molar-refractivity contribution in [2.75, 3.05) is 10.7 Å². The Morgan fingerprint density at radius 3 is 2.52 bits per heavy atom. The number of thiazole rings is 1. The van der Waals surface area contributed by atoms with Gasteiger partial charge in [-0.1, -0.05) is 72.4 Å². The van der Waals surface area contributed by atoms with Gasteiger partial charge in [0.2, 0.25) is 5.91 Å². The van der Waals surface area contributed by atoms with Gasteiger partial charge in [-0.05, 0) is 48.7 Å². The Morgan fingerprint density at radius 2 is 1.77 bits per heavy atom. The summed E-state index contributed by atoms with van der Waals surface area (Å²) in [6.45, 7) is 4.77. The largest absolute Gasteiger partial charge is 0.284 e. The van der Waals surface area contributed by atoms with Crippen LogP contribution in [-0.2, 0) is 17.8 Å². The quantitative estimate of drug-likeness (QED) is 0.277. The van der Waals surface area contributed by atoms with Crippen LogP contribution in [0.3, 0.4) is 0 Å². The average molecular weight is 447 g/mol. The maximum absolute atomic E-state index is 13.3. The number of fused-ring (bicyclic) bond motifs is 1. The van der Waals surface area contributed by atoms with Gasteiger partial charge in [-0.2, -0.15) is 0 Å². The summed E-state index contributed by atoms with van der Waals surface area (Å²) in [5.41, 5.74) is 4.60. The summed E-state index contributed by atoms with van der Waals surface area (Å²) in [5.74, 6) is 0.858. The molecule has 0 atom stereocenters. The maximum atomic E-state index is 13.3. The van der Waals surface area contributed by atoms with E-state index in [1.807, 2.05) is 23.1 Å². The number of carbonyl (C=O) groups is 1. The Labute approximate surface area is 192 Å². The van der Waals surface area contributed by atoms with E-state index in [9.17, 15) is 4.79 Å². The van der Waals surface area contributed by atoms with Crippen LogP contribution < -0.4 is 4.90 Å². The molecule has 0 aliphatic rings. The lowest BCUT2D eigenvalue weighted by Gasteiger charge is -2.20. The average Bonchev–Trinajstić information content (AvgIpc) is 3.22. The number of aromatic nitrogens is 1. The second-order valence-electron chi connectivity index (χ2n) is 7.53. The van der Waals surface area contributed by atoms with E-state index in [2.05, 4.69) is 68.4 Å². The standard InChI is InChI=1S/C26H26N2OS2/c1-3-20-11-14-23-24(17-20)31-26(27-23)28(18-21-7-5-4-6-8-21)25(29)15-16-30-22-12-9-19(2)10-13-22/h4-14,17H,3,15-16,18H2,1-2H3. The highest BCUT2D eigenvalue weighted by atomic mass is 32.2. The molecule has 0 saturated carbocycles. The van der Waals surface area contributed by atoms with Crippen molar-refractivity contribution >= 4 is 44.4 Å². The molecule has 0 unspecified atom stereocenters. The van der Waals surface area contributed by atoms with Gasteiger partial charge in [-0.15, -0.1) is 11.8 Å². The predicted octanol–water partition coefficient (Wildman–Crippen LogP) is 6.88. The fourth-order valence-corrected chi connectivity index (χ4v) is 5.23. The summed E-state index contributed by atoms with van der Waals surface area (Å²) < 4.78 is 1.13. The molecule has 1 heterocycles. The van der Waals surface area contributed by atoms with Crippen LogP contribution in [0, 0.1) is 6.92 Å². The number of anilines is 1. The van der Waals surface area contributed by atoms with Crippen molar-refractivity contribution in [2.24, 2.45) is 0 Å². The Bertz CT molecular complexity index is 1150. The first-order valence-corrected chi connectivity index (χ1v) is 12.4. The second-order valence-corrected chi connectivity index (χ2v) is 9.71. The fourth-order valence-electron chi connectivity index (χ4n) is 3.35. The number of thioether (sulfide) groups is 1. The zero-order chi connectivity index (χ0) is 21.6. The van der Waals surface area contributed by atoms with Crippen molar-refractivity contribution in [3.05, 3.63) is 89.5 Å². The van der Waals surface area contributed by atoms with Crippen LogP contribution in [0.15, 0.2) is 77.7 Å². The highest BCUT2D eigenvalue weighted by Gasteiger charge is 2.20. The number of amides is 1. The third-order valence-electron chi connectivity index (χ3n) is 5.17. The summed E-state index contributed by atoms with van der Waals surface area (Å²) in [4.78, 5) is 21.1. The van der Waals surface area contributed by atoms with Crippen LogP contribution in [0.4, 0.5) is 5.13 Å². The molecule has 158 valence electrons. The summed E-state index contributed by atoms with van der Waals surface area (Å²) in [7, 11) is 0. The van der Waals surface area contributed by atoms with E-state index >= 15 is 0 Å². The minimum atomic E-state index is 0.109. The molecule has 0 spiro atoms. The van der Waals surface area contributed by atoms with Gasteiger partial charge in [-0.25, -0.2) is 4.98 Å². The third-order valence-corrected chi connectivity index (χ3v) is 7.23. The Morgan fingerprint density at radius 1 is 1.00 bits per heavy atom. The topological polar surface area (TPSA) is 33.2 Å². The summed E-state index contributed by atoms with van der Waals surface area (Å²) in [6.07, 6.45) is 1.47. The molecule has 5 heteroatoms. The Hall–Kier alpha value is -2.63. The SMILES string of the molecule is CCc1ccc2nc(N(Cc3ccccc3)C(=O)CCSc3ccc(C)cc3)sc2c1. The highest BCUT2D eigenvalue weighted by molar-refractivity contribution is 7.99. The van der Waals surface area contributed by atoms with Crippen LogP contribution in [0.5, 0.6) is 0 Å². The first kappa shape index (κ1) is 21.6. The summed E-state index contributed by atoms with van der Waals surface area (Å²) in [6, 6.07) is 25.0. The van der Waals surface area contributed by atoms with Crippen LogP contribution in [0.1, 0.15) is 30.0 Å². The Balaban J connectivity index is 1.53. The van der Waals surface area contributed by atoms with Crippen molar-refractivity contribution in [1.29, 1.82) is 0 Å². The van der Waals surface area contributed by atoms with Gasteiger partial charge in [-0.3, -0.25) is 9.69 Å². The second kappa shape index (κ2) is 10.1.